The zero-order chi connectivity index (χ0) is 19.1. The minimum absolute atomic E-state index is 0.117. The van der Waals surface area contributed by atoms with Gasteiger partial charge in [0.05, 0.1) is 16.8 Å². The molecular formula is C19H15F3N2O2. The molecule has 1 heterocycles. The topological polar surface area (TPSA) is 40.6 Å². The van der Waals surface area contributed by atoms with Crippen molar-refractivity contribution in [3.63, 3.8) is 0 Å². The molecular weight excluding hydrogens is 345 g/mol. The number of halogens is 3. The average Bonchev–Trinajstić information content (AvgIpc) is 2.58. The van der Waals surface area contributed by atoms with Crippen molar-refractivity contribution >= 4 is 23.1 Å². The van der Waals surface area contributed by atoms with Gasteiger partial charge in [0.25, 0.3) is 11.8 Å². The molecule has 26 heavy (non-hydrogen) atoms. The van der Waals surface area contributed by atoms with Crippen molar-refractivity contribution in [2.24, 2.45) is 0 Å². The molecule has 2 amide bonds. The van der Waals surface area contributed by atoms with Gasteiger partial charge in [0.15, 0.2) is 0 Å². The fourth-order valence-corrected chi connectivity index (χ4v) is 2.79. The van der Waals surface area contributed by atoms with Crippen LogP contribution in [0.3, 0.4) is 0 Å². The Kier molecular flexibility index (Phi) is 4.31. The summed E-state index contributed by atoms with van der Waals surface area (Å²) in [6.45, 7) is 0. The summed E-state index contributed by atoms with van der Waals surface area (Å²) < 4.78 is 39.0. The Bertz CT molecular complexity index is 917. The van der Waals surface area contributed by atoms with Crippen molar-refractivity contribution in [3.8, 4) is 0 Å². The number of carbonyl (C=O) groups excluding carboxylic acids is 2. The van der Waals surface area contributed by atoms with Gasteiger partial charge in [-0.05, 0) is 24.3 Å². The lowest BCUT2D eigenvalue weighted by Gasteiger charge is -2.29. The summed E-state index contributed by atoms with van der Waals surface area (Å²) in [7, 11) is 3.43. The number of fused-ring (bicyclic) bond motifs is 1. The van der Waals surface area contributed by atoms with E-state index in [-0.39, 0.29) is 16.8 Å². The molecule has 0 saturated heterocycles. The first kappa shape index (κ1) is 17.7. The maximum atomic E-state index is 13.0. The second kappa shape index (κ2) is 6.33. The number of carbonyl (C=O) groups is 2. The number of rotatable bonds is 2. The van der Waals surface area contributed by atoms with Gasteiger partial charge in [-0.3, -0.25) is 9.59 Å². The molecule has 1 aliphatic heterocycles. The van der Waals surface area contributed by atoms with Crippen LogP contribution in [0, 0.1) is 0 Å². The highest BCUT2D eigenvalue weighted by Gasteiger charge is 2.37. The quantitative estimate of drug-likeness (QED) is 0.604. The van der Waals surface area contributed by atoms with E-state index in [1.807, 2.05) is 0 Å². The van der Waals surface area contributed by atoms with Crippen molar-refractivity contribution in [1.29, 1.82) is 0 Å². The molecule has 0 unspecified atom stereocenters. The molecule has 0 saturated carbocycles. The van der Waals surface area contributed by atoms with Gasteiger partial charge in [-0.25, -0.2) is 4.90 Å². The van der Waals surface area contributed by atoms with Crippen LogP contribution in [0.25, 0.3) is 5.57 Å². The molecule has 0 aliphatic carbocycles. The van der Waals surface area contributed by atoms with Crippen molar-refractivity contribution in [2.45, 2.75) is 6.18 Å². The highest BCUT2D eigenvalue weighted by atomic mass is 19.4. The van der Waals surface area contributed by atoms with Gasteiger partial charge in [-0.15, -0.1) is 0 Å². The first-order valence-corrected chi connectivity index (χ1v) is 7.74. The first-order valence-electron chi connectivity index (χ1n) is 7.74. The molecule has 134 valence electrons. The Labute approximate surface area is 148 Å². The van der Waals surface area contributed by atoms with E-state index in [9.17, 15) is 22.8 Å². The van der Waals surface area contributed by atoms with Gasteiger partial charge in [0.1, 0.15) is 0 Å². The lowest BCUT2D eigenvalue weighted by Crippen LogP contribution is -2.42. The normalized spacial score (nSPS) is 16.0. The average molecular weight is 360 g/mol. The monoisotopic (exact) mass is 360 g/mol. The SMILES string of the molecule is CN(C)/C=C1\C(=O)N(c2cccc(C(F)(F)F)c2)C(=O)c2ccccc21. The number of benzene rings is 2. The summed E-state index contributed by atoms with van der Waals surface area (Å²) in [6.07, 6.45) is -3.02. The second-order valence-corrected chi connectivity index (χ2v) is 6.05. The van der Waals surface area contributed by atoms with Crippen LogP contribution >= 0.6 is 0 Å². The summed E-state index contributed by atoms with van der Waals surface area (Å²) in [5.74, 6) is -1.32. The van der Waals surface area contributed by atoms with Gasteiger partial charge in [-0.1, -0.05) is 24.3 Å². The van der Waals surface area contributed by atoms with Crippen molar-refractivity contribution in [1.82, 2.24) is 4.90 Å². The summed E-state index contributed by atoms with van der Waals surface area (Å²) in [5, 5.41) is 0. The number of alkyl halides is 3. The molecule has 0 radical (unpaired) electrons. The van der Waals surface area contributed by atoms with E-state index in [1.165, 1.54) is 12.1 Å². The van der Waals surface area contributed by atoms with E-state index >= 15 is 0 Å². The second-order valence-electron chi connectivity index (χ2n) is 6.05. The van der Waals surface area contributed by atoms with Crippen LogP contribution in [-0.2, 0) is 11.0 Å². The molecule has 3 rings (SSSR count). The number of hydrogen-bond acceptors (Lipinski definition) is 3. The Morgan fingerprint density at radius 3 is 2.19 bits per heavy atom. The van der Waals surface area contributed by atoms with Gasteiger partial charge in [0, 0.05) is 31.4 Å². The molecule has 0 atom stereocenters. The summed E-state index contributed by atoms with van der Waals surface area (Å²) in [4.78, 5) is 28.2. The van der Waals surface area contributed by atoms with E-state index in [2.05, 4.69) is 0 Å². The molecule has 2 aromatic rings. The molecule has 0 N–H and O–H groups in total. The minimum Gasteiger partial charge on any atom is -0.383 e. The van der Waals surface area contributed by atoms with Crippen LogP contribution in [0.4, 0.5) is 18.9 Å². The molecule has 0 bridgehead atoms. The molecule has 7 heteroatoms. The molecule has 0 aromatic heterocycles. The van der Waals surface area contributed by atoms with Gasteiger partial charge in [-0.2, -0.15) is 13.2 Å². The summed E-state index contributed by atoms with van der Waals surface area (Å²) >= 11 is 0. The summed E-state index contributed by atoms with van der Waals surface area (Å²) in [5.41, 5.74) is -0.0822. The number of imide groups is 1. The van der Waals surface area contributed by atoms with Crippen LogP contribution in [-0.4, -0.2) is 30.8 Å². The van der Waals surface area contributed by atoms with Crippen LogP contribution in [0.15, 0.2) is 54.7 Å². The third-order valence-electron chi connectivity index (χ3n) is 3.90. The standard InChI is InChI=1S/C19H15F3N2O2/c1-23(2)11-16-14-8-3-4-9-15(14)17(25)24(18(16)26)13-7-5-6-12(10-13)19(20,21)22/h3-11H,1-2H3/b16-11-. The number of amides is 2. The molecule has 0 spiro atoms. The highest BCUT2D eigenvalue weighted by molar-refractivity contribution is 6.41. The molecule has 0 fully saturated rings. The lowest BCUT2D eigenvalue weighted by molar-refractivity contribution is -0.137. The van der Waals surface area contributed by atoms with Crippen LogP contribution < -0.4 is 4.90 Å². The Morgan fingerprint density at radius 1 is 0.923 bits per heavy atom. The largest absolute Gasteiger partial charge is 0.416 e. The van der Waals surface area contributed by atoms with Crippen LogP contribution in [0.2, 0.25) is 0 Å². The van der Waals surface area contributed by atoms with Crippen LogP contribution in [0.1, 0.15) is 21.5 Å². The maximum absolute atomic E-state index is 13.0. The number of anilines is 1. The maximum Gasteiger partial charge on any atom is 0.416 e. The molecule has 4 nitrogen and oxygen atoms in total. The van der Waals surface area contributed by atoms with Gasteiger partial charge >= 0.3 is 6.18 Å². The smallest absolute Gasteiger partial charge is 0.383 e. The predicted molar refractivity (Wildman–Crippen MR) is 91.4 cm³/mol. The van der Waals surface area contributed by atoms with E-state index in [4.69, 9.17) is 0 Å². The fraction of sp³-hybridized carbons (Fsp3) is 0.158. The van der Waals surface area contributed by atoms with Crippen molar-refractivity contribution in [2.75, 3.05) is 19.0 Å². The van der Waals surface area contributed by atoms with Gasteiger partial charge in [0.2, 0.25) is 0 Å². The number of nitrogens with zero attached hydrogens (tertiary/aromatic N) is 2. The predicted octanol–water partition coefficient (Wildman–Crippen LogP) is 3.79. The molecule has 1 aliphatic rings. The zero-order valence-electron chi connectivity index (χ0n) is 14.0. The van der Waals surface area contributed by atoms with Crippen LogP contribution in [0.5, 0.6) is 0 Å². The first-order chi connectivity index (χ1) is 12.2. The van der Waals surface area contributed by atoms with E-state index < -0.39 is 23.6 Å². The van der Waals surface area contributed by atoms with E-state index in [1.54, 1.807) is 49.5 Å². The van der Waals surface area contributed by atoms with E-state index in [0.717, 1.165) is 17.0 Å². The Morgan fingerprint density at radius 2 is 1.58 bits per heavy atom. The Balaban J connectivity index is 2.18. The summed E-state index contributed by atoms with van der Waals surface area (Å²) in [6, 6.07) is 10.7. The van der Waals surface area contributed by atoms with Crippen molar-refractivity contribution < 1.29 is 22.8 Å². The minimum atomic E-state index is -4.57. The third kappa shape index (κ3) is 3.08. The third-order valence-corrected chi connectivity index (χ3v) is 3.90. The molecule has 2 aromatic carbocycles. The zero-order valence-corrected chi connectivity index (χ0v) is 14.0. The lowest BCUT2D eigenvalue weighted by atomic mass is 9.93. The number of hydrogen-bond donors (Lipinski definition) is 0. The Hall–Kier alpha value is -3.09. The van der Waals surface area contributed by atoms with Crippen molar-refractivity contribution in [3.05, 3.63) is 71.4 Å². The van der Waals surface area contributed by atoms with Gasteiger partial charge < -0.3 is 4.90 Å². The highest BCUT2D eigenvalue weighted by Crippen LogP contribution is 2.35. The van der Waals surface area contributed by atoms with E-state index in [0.29, 0.717) is 5.56 Å². The fourth-order valence-electron chi connectivity index (χ4n) is 2.79.